The second kappa shape index (κ2) is 23.1. The highest BCUT2D eigenvalue weighted by Crippen LogP contribution is 2.09. The minimum atomic E-state index is -1.53. The predicted molar refractivity (Wildman–Crippen MR) is 181 cm³/mol. The molecule has 19 nitrogen and oxygen atoms in total. The molecule has 0 saturated carbocycles. The highest BCUT2D eigenvalue weighted by molar-refractivity contribution is 5.95. The van der Waals surface area contributed by atoms with Gasteiger partial charge in [0.1, 0.15) is 24.2 Å². The number of benzene rings is 1. The molecule has 16 N–H and O–H groups in total. The molecule has 0 aliphatic heterocycles. The molecule has 5 amide bonds. The molecule has 0 radical (unpaired) electrons. The Morgan fingerprint density at radius 1 is 0.680 bits per heavy atom. The van der Waals surface area contributed by atoms with E-state index in [9.17, 15) is 43.8 Å². The topological polar surface area (TPSA) is 348 Å². The number of amides is 5. The van der Waals surface area contributed by atoms with E-state index in [2.05, 4.69) is 26.6 Å². The van der Waals surface area contributed by atoms with Gasteiger partial charge in [0.2, 0.25) is 29.5 Å². The summed E-state index contributed by atoms with van der Waals surface area (Å²) < 4.78 is 0. The van der Waals surface area contributed by atoms with Crippen molar-refractivity contribution in [3.8, 4) is 0 Å². The molecule has 1 rings (SSSR count). The monoisotopic (exact) mass is 706 g/mol. The van der Waals surface area contributed by atoms with Crippen LogP contribution in [0.1, 0.15) is 63.4 Å². The number of nitrogens with two attached hydrogens (primary N) is 4. The molecule has 0 aromatic heterocycles. The highest BCUT2D eigenvalue weighted by atomic mass is 16.4. The Morgan fingerprint density at radius 2 is 1.22 bits per heavy atom. The van der Waals surface area contributed by atoms with Crippen molar-refractivity contribution < 1.29 is 43.8 Å². The maximum Gasteiger partial charge on any atom is 0.326 e. The number of carbonyl (C=O) groups is 7. The number of guanidine groups is 1. The lowest BCUT2D eigenvalue weighted by Gasteiger charge is -2.26. The number of carboxylic acid groups (broad SMARTS) is 2. The van der Waals surface area contributed by atoms with Gasteiger partial charge in [-0.05, 0) is 50.6 Å². The first-order chi connectivity index (χ1) is 23.6. The van der Waals surface area contributed by atoms with Gasteiger partial charge in [-0.25, -0.2) is 4.79 Å². The second-order valence-corrected chi connectivity index (χ2v) is 11.6. The smallest absolute Gasteiger partial charge is 0.326 e. The zero-order chi connectivity index (χ0) is 37.6. The fourth-order valence-electron chi connectivity index (χ4n) is 4.67. The summed E-state index contributed by atoms with van der Waals surface area (Å²) in [5, 5.41) is 38.5. The van der Waals surface area contributed by atoms with Crippen LogP contribution in [0.2, 0.25) is 0 Å². The molecule has 0 spiro atoms. The number of carboxylic acids is 2. The van der Waals surface area contributed by atoms with Crippen LogP contribution >= 0.6 is 0 Å². The van der Waals surface area contributed by atoms with E-state index in [1.54, 1.807) is 30.3 Å². The lowest BCUT2D eigenvalue weighted by atomic mass is 10.0. The van der Waals surface area contributed by atoms with Crippen molar-refractivity contribution in [1.82, 2.24) is 26.6 Å². The third-order valence-electron chi connectivity index (χ3n) is 7.41. The number of rotatable bonds is 25. The molecule has 278 valence electrons. The minimum Gasteiger partial charge on any atom is -0.481 e. The minimum absolute atomic E-state index is 0.00272. The third kappa shape index (κ3) is 17.7. The molecule has 1 aromatic rings. The first-order valence-corrected chi connectivity index (χ1v) is 16.2. The molecular formula is C31H50N10O9. The number of carbonyl (C=O) groups excluding carboxylic acids is 5. The normalized spacial score (nSPS) is 13.7. The Hall–Kier alpha value is -5.30. The van der Waals surface area contributed by atoms with Gasteiger partial charge < -0.3 is 59.7 Å². The molecule has 19 heteroatoms. The molecule has 5 unspecified atom stereocenters. The van der Waals surface area contributed by atoms with Crippen molar-refractivity contribution in [2.75, 3.05) is 13.1 Å². The van der Waals surface area contributed by atoms with Crippen LogP contribution in [0, 0.1) is 5.41 Å². The Kier molecular flexibility index (Phi) is 19.8. The highest BCUT2D eigenvalue weighted by Gasteiger charge is 2.32. The zero-order valence-corrected chi connectivity index (χ0v) is 27.8. The molecule has 0 bridgehead atoms. The fraction of sp³-hybridized carbons (Fsp3) is 0.548. The van der Waals surface area contributed by atoms with E-state index in [1.165, 1.54) is 0 Å². The summed E-state index contributed by atoms with van der Waals surface area (Å²) in [7, 11) is 0. The maximum atomic E-state index is 13.6. The number of aliphatic carboxylic acids is 2. The molecule has 0 aliphatic carbocycles. The Bertz CT molecular complexity index is 1310. The van der Waals surface area contributed by atoms with E-state index in [4.69, 9.17) is 28.3 Å². The maximum absolute atomic E-state index is 13.6. The van der Waals surface area contributed by atoms with Crippen LogP contribution < -0.4 is 49.5 Å². The molecule has 0 heterocycles. The van der Waals surface area contributed by atoms with Crippen molar-refractivity contribution >= 4 is 47.4 Å². The van der Waals surface area contributed by atoms with Crippen LogP contribution in [0.4, 0.5) is 0 Å². The first-order valence-electron chi connectivity index (χ1n) is 16.2. The van der Waals surface area contributed by atoms with Crippen LogP contribution in [-0.4, -0.2) is 101 Å². The van der Waals surface area contributed by atoms with Gasteiger partial charge in [0, 0.05) is 25.8 Å². The van der Waals surface area contributed by atoms with E-state index in [1.807, 2.05) is 0 Å². The number of nitrogens with one attached hydrogen (secondary N) is 6. The van der Waals surface area contributed by atoms with Gasteiger partial charge >= 0.3 is 11.9 Å². The average Bonchev–Trinajstić information content (AvgIpc) is 3.05. The van der Waals surface area contributed by atoms with Gasteiger partial charge in [0.15, 0.2) is 5.96 Å². The summed E-state index contributed by atoms with van der Waals surface area (Å²) in [6, 6.07) is 2.04. The lowest BCUT2D eigenvalue weighted by molar-refractivity contribution is -0.142. The second-order valence-electron chi connectivity index (χ2n) is 11.6. The molecule has 0 aliphatic rings. The Balaban J connectivity index is 3.28. The van der Waals surface area contributed by atoms with E-state index < -0.39 is 84.5 Å². The number of hydrogen-bond donors (Lipinski definition) is 12. The van der Waals surface area contributed by atoms with Crippen LogP contribution in [0.3, 0.4) is 0 Å². The number of hydrogen-bond acceptors (Lipinski definition) is 10. The third-order valence-corrected chi connectivity index (χ3v) is 7.41. The van der Waals surface area contributed by atoms with E-state index >= 15 is 0 Å². The van der Waals surface area contributed by atoms with Gasteiger partial charge in [-0.15, -0.1) is 0 Å². The summed E-state index contributed by atoms with van der Waals surface area (Å²) in [6.45, 7) is 0.522. The van der Waals surface area contributed by atoms with Crippen molar-refractivity contribution in [3.05, 3.63) is 35.9 Å². The summed E-state index contributed by atoms with van der Waals surface area (Å²) in [5.74, 6) is -7.24. The number of unbranched alkanes of at least 4 members (excludes halogenated alkanes) is 1. The molecule has 0 saturated heterocycles. The molecule has 0 fully saturated rings. The standard InChI is InChI=1S/C31H50N10O9/c32-15-5-4-9-19(33)26(45)41-23(17-18-7-2-1-3-8-18)29(48)39-21(12-14-25(43)44)28(47)38-20(10-6-16-37-31(35)36)27(46)40-22(30(49)50)11-13-24(34)42/h1-3,7-8,19-23H,4-6,9-17,32-33H2,(H2,34,42)(H,38,47)(H,39,48)(H,40,46)(H,41,45)(H,43,44)(H,49,50)(H4,35,36,37). The van der Waals surface area contributed by atoms with E-state index in [0.29, 0.717) is 31.4 Å². The van der Waals surface area contributed by atoms with Gasteiger partial charge in [-0.2, -0.15) is 0 Å². The van der Waals surface area contributed by atoms with Gasteiger partial charge in [-0.3, -0.25) is 34.2 Å². The van der Waals surface area contributed by atoms with Crippen molar-refractivity contribution in [3.63, 3.8) is 0 Å². The summed E-state index contributed by atoms with van der Waals surface area (Å²) >= 11 is 0. The molecule has 1 aromatic carbocycles. The number of primary amides is 1. The fourth-order valence-corrected chi connectivity index (χ4v) is 4.67. The van der Waals surface area contributed by atoms with Crippen LogP contribution in [0.15, 0.2) is 30.3 Å². The van der Waals surface area contributed by atoms with Crippen molar-refractivity contribution in [2.24, 2.45) is 22.9 Å². The SMILES string of the molecule is N=C(N)NCCCC(NC(=O)C(CCC(=O)O)NC(=O)C(Cc1ccccc1)NC(=O)C(N)CCCCN)C(=O)NC(CCC(N)=O)C(=O)O. The molecular weight excluding hydrogens is 656 g/mol. The van der Waals surface area contributed by atoms with E-state index in [0.717, 1.165) is 0 Å². The van der Waals surface area contributed by atoms with E-state index in [-0.39, 0.29) is 44.6 Å². The van der Waals surface area contributed by atoms with Gasteiger partial charge in [-0.1, -0.05) is 36.8 Å². The molecule has 5 atom stereocenters. The first kappa shape index (κ1) is 42.7. The summed E-state index contributed by atoms with van der Waals surface area (Å²) in [4.78, 5) is 87.8. The van der Waals surface area contributed by atoms with Crippen molar-refractivity contribution in [2.45, 2.75) is 94.4 Å². The molecule has 50 heavy (non-hydrogen) atoms. The predicted octanol–water partition coefficient (Wildman–Crippen LogP) is -2.90. The average molecular weight is 707 g/mol. The van der Waals surface area contributed by atoms with Crippen molar-refractivity contribution in [1.29, 1.82) is 5.41 Å². The van der Waals surface area contributed by atoms with Crippen LogP contribution in [0.25, 0.3) is 0 Å². The van der Waals surface area contributed by atoms with Gasteiger partial charge in [0.05, 0.1) is 6.04 Å². The summed E-state index contributed by atoms with van der Waals surface area (Å²) in [6.07, 6.45) is -0.0665. The zero-order valence-electron chi connectivity index (χ0n) is 27.8. The van der Waals surface area contributed by atoms with Gasteiger partial charge in [0.25, 0.3) is 0 Å². The van der Waals surface area contributed by atoms with Crippen LogP contribution in [0.5, 0.6) is 0 Å². The summed E-state index contributed by atoms with van der Waals surface area (Å²) in [5.41, 5.74) is 22.6. The lowest BCUT2D eigenvalue weighted by Crippen LogP contribution is -2.59. The van der Waals surface area contributed by atoms with Crippen LogP contribution in [-0.2, 0) is 40.0 Å². The Morgan fingerprint density at radius 3 is 1.76 bits per heavy atom. The largest absolute Gasteiger partial charge is 0.481 e. The Labute approximate surface area is 289 Å². The quantitative estimate of drug-likeness (QED) is 0.0276.